The maximum Gasteiger partial charge on any atom is 0.336 e. The number of hydrogen-bond donors (Lipinski definition) is 0. The minimum absolute atomic E-state index is 0.328. The van der Waals surface area contributed by atoms with Crippen LogP contribution in [0.15, 0.2) is 75.9 Å². The first kappa shape index (κ1) is 16.4. The van der Waals surface area contributed by atoms with Gasteiger partial charge in [0.2, 0.25) is 5.82 Å². The number of benzene rings is 3. The van der Waals surface area contributed by atoms with E-state index >= 15 is 0 Å². The largest absolute Gasteiger partial charge is 0.423 e. The molecule has 0 unspecified atom stereocenters. The molecule has 3 aromatic carbocycles. The Morgan fingerprint density at radius 1 is 1.00 bits per heavy atom. The number of aryl methyl sites for hydroxylation is 1. The fraction of sp³-hybridized carbons (Fsp3) is 0.0909. The number of rotatable bonds is 3. The van der Waals surface area contributed by atoms with Crippen LogP contribution < -0.4 is 5.63 Å². The van der Waals surface area contributed by atoms with Crippen LogP contribution in [0.2, 0.25) is 0 Å². The molecule has 2 aromatic heterocycles. The van der Waals surface area contributed by atoms with Gasteiger partial charge in [-0.2, -0.15) is 4.80 Å². The maximum absolute atomic E-state index is 12.1. The molecule has 0 saturated heterocycles. The summed E-state index contributed by atoms with van der Waals surface area (Å²) in [6.07, 6.45) is 0. The molecule has 0 saturated carbocycles. The van der Waals surface area contributed by atoms with Crippen molar-refractivity contribution in [3.05, 3.63) is 88.3 Å². The second kappa shape index (κ2) is 6.42. The lowest BCUT2D eigenvalue weighted by Crippen LogP contribution is -2.08. The molecular formula is C22H16N4O2. The Bertz CT molecular complexity index is 1370. The normalized spacial score (nSPS) is 11.3. The summed E-state index contributed by atoms with van der Waals surface area (Å²) in [6, 6.07) is 21.3. The van der Waals surface area contributed by atoms with Crippen molar-refractivity contribution < 1.29 is 4.42 Å². The monoisotopic (exact) mass is 368 g/mol. The van der Waals surface area contributed by atoms with Gasteiger partial charge in [0.1, 0.15) is 5.58 Å². The smallest absolute Gasteiger partial charge is 0.336 e. The molecule has 0 aliphatic carbocycles. The van der Waals surface area contributed by atoms with E-state index in [1.165, 1.54) is 16.4 Å². The molecule has 28 heavy (non-hydrogen) atoms. The Kier molecular flexibility index (Phi) is 3.76. The van der Waals surface area contributed by atoms with Gasteiger partial charge in [0.25, 0.3) is 0 Å². The van der Waals surface area contributed by atoms with Crippen LogP contribution in [-0.2, 0) is 6.54 Å². The summed E-state index contributed by atoms with van der Waals surface area (Å²) >= 11 is 0. The average Bonchev–Trinajstić information content (AvgIpc) is 3.16. The first-order valence-electron chi connectivity index (χ1n) is 8.97. The van der Waals surface area contributed by atoms with E-state index in [-0.39, 0.29) is 0 Å². The summed E-state index contributed by atoms with van der Waals surface area (Å²) in [7, 11) is 0. The predicted octanol–water partition coefficient (Wildman–Crippen LogP) is 3.96. The molecule has 5 rings (SSSR count). The van der Waals surface area contributed by atoms with Gasteiger partial charge in [0, 0.05) is 17.0 Å². The summed E-state index contributed by atoms with van der Waals surface area (Å²) in [4.78, 5) is 13.6. The molecule has 0 fully saturated rings. The summed E-state index contributed by atoms with van der Waals surface area (Å²) in [5, 5.41) is 15.8. The van der Waals surface area contributed by atoms with Crippen LogP contribution in [0.5, 0.6) is 0 Å². The Labute approximate surface area is 160 Å². The van der Waals surface area contributed by atoms with E-state index in [1.807, 2.05) is 67.6 Å². The van der Waals surface area contributed by atoms with Crippen LogP contribution in [-0.4, -0.2) is 20.2 Å². The van der Waals surface area contributed by atoms with E-state index in [4.69, 9.17) is 4.42 Å². The molecule has 0 N–H and O–H groups in total. The van der Waals surface area contributed by atoms with Crippen molar-refractivity contribution >= 4 is 21.7 Å². The lowest BCUT2D eigenvalue weighted by atomic mass is 10.0. The van der Waals surface area contributed by atoms with Crippen molar-refractivity contribution in [3.8, 4) is 11.4 Å². The van der Waals surface area contributed by atoms with Gasteiger partial charge < -0.3 is 4.42 Å². The standard InChI is InChI=1S/C22H16N4O2/c1-14-6-8-16(9-7-14)22-23-25-26(24-22)13-17-12-20(27)28-19-11-10-15-4-2-3-5-18(15)21(17)19/h2-12H,13H2,1H3. The zero-order chi connectivity index (χ0) is 19.1. The Morgan fingerprint density at radius 3 is 2.68 bits per heavy atom. The highest BCUT2D eigenvalue weighted by molar-refractivity contribution is 6.07. The van der Waals surface area contributed by atoms with Crippen molar-refractivity contribution in [2.75, 3.05) is 0 Å². The van der Waals surface area contributed by atoms with E-state index in [2.05, 4.69) is 15.4 Å². The molecule has 6 nitrogen and oxygen atoms in total. The summed E-state index contributed by atoms with van der Waals surface area (Å²) in [6.45, 7) is 2.36. The van der Waals surface area contributed by atoms with Crippen LogP contribution in [0.3, 0.4) is 0 Å². The van der Waals surface area contributed by atoms with E-state index in [9.17, 15) is 4.79 Å². The number of tetrazole rings is 1. The third kappa shape index (κ3) is 2.85. The van der Waals surface area contributed by atoms with E-state index in [0.29, 0.717) is 18.0 Å². The van der Waals surface area contributed by atoms with Crippen LogP contribution in [0.25, 0.3) is 33.1 Å². The zero-order valence-electron chi connectivity index (χ0n) is 15.2. The SMILES string of the molecule is Cc1ccc(-c2nnn(Cc3cc(=O)oc4ccc5ccccc5c34)n2)cc1. The van der Waals surface area contributed by atoms with Crippen molar-refractivity contribution in [3.63, 3.8) is 0 Å². The van der Waals surface area contributed by atoms with E-state index in [1.54, 1.807) is 0 Å². The van der Waals surface area contributed by atoms with Gasteiger partial charge in [-0.3, -0.25) is 0 Å². The summed E-state index contributed by atoms with van der Waals surface area (Å²) in [5.74, 6) is 0.553. The quantitative estimate of drug-likeness (QED) is 0.356. The third-order valence-corrected chi connectivity index (χ3v) is 4.79. The summed E-state index contributed by atoms with van der Waals surface area (Å²) in [5.41, 5.74) is 3.04. The van der Waals surface area contributed by atoms with Crippen molar-refractivity contribution in [2.45, 2.75) is 13.5 Å². The minimum Gasteiger partial charge on any atom is -0.423 e. The topological polar surface area (TPSA) is 73.8 Å². The van der Waals surface area contributed by atoms with Crippen LogP contribution in [0.4, 0.5) is 0 Å². The molecule has 0 radical (unpaired) electrons. The molecule has 0 aliphatic heterocycles. The Morgan fingerprint density at radius 2 is 1.82 bits per heavy atom. The number of hydrogen-bond acceptors (Lipinski definition) is 5. The van der Waals surface area contributed by atoms with Crippen molar-refractivity contribution in [1.82, 2.24) is 20.2 Å². The van der Waals surface area contributed by atoms with Crippen LogP contribution in [0.1, 0.15) is 11.1 Å². The molecule has 0 spiro atoms. The van der Waals surface area contributed by atoms with E-state index in [0.717, 1.165) is 27.3 Å². The second-order valence-electron chi connectivity index (χ2n) is 6.76. The van der Waals surface area contributed by atoms with Crippen molar-refractivity contribution in [1.29, 1.82) is 0 Å². The van der Waals surface area contributed by atoms with Crippen molar-refractivity contribution in [2.24, 2.45) is 0 Å². The number of fused-ring (bicyclic) bond motifs is 3. The van der Waals surface area contributed by atoms with Gasteiger partial charge in [-0.05, 0) is 34.5 Å². The lowest BCUT2D eigenvalue weighted by Gasteiger charge is -2.08. The highest BCUT2D eigenvalue weighted by Crippen LogP contribution is 2.27. The van der Waals surface area contributed by atoms with Gasteiger partial charge in [-0.25, -0.2) is 4.79 Å². The molecule has 5 aromatic rings. The number of nitrogens with zero attached hydrogens (tertiary/aromatic N) is 4. The van der Waals surface area contributed by atoms with E-state index < -0.39 is 5.63 Å². The molecule has 6 heteroatoms. The fourth-order valence-corrected chi connectivity index (χ4v) is 3.43. The van der Waals surface area contributed by atoms with Gasteiger partial charge in [-0.1, -0.05) is 60.2 Å². The highest BCUT2D eigenvalue weighted by Gasteiger charge is 2.12. The van der Waals surface area contributed by atoms with Gasteiger partial charge in [0.15, 0.2) is 0 Å². The van der Waals surface area contributed by atoms with Gasteiger partial charge in [-0.15, -0.1) is 10.2 Å². The first-order chi connectivity index (χ1) is 13.7. The minimum atomic E-state index is -0.392. The Balaban J connectivity index is 1.61. The van der Waals surface area contributed by atoms with Crippen LogP contribution >= 0.6 is 0 Å². The van der Waals surface area contributed by atoms with Gasteiger partial charge >= 0.3 is 5.63 Å². The number of aromatic nitrogens is 4. The molecule has 0 atom stereocenters. The van der Waals surface area contributed by atoms with Gasteiger partial charge in [0.05, 0.1) is 6.54 Å². The third-order valence-electron chi connectivity index (χ3n) is 4.79. The second-order valence-corrected chi connectivity index (χ2v) is 6.76. The fourth-order valence-electron chi connectivity index (χ4n) is 3.43. The molecule has 0 aliphatic rings. The molecular weight excluding hydrogens is 352 g/mol. The van der Waals surface area contributed by atoms with Crippen LogP contribution in [0, 0.1) is 6.92 Å². The Hall–Kier alpha value is -3.80. The molecule has 0 bridgehead atoms. The maximum atomic E-state index is 12.1. The zero-order valence-corrected chi connectivity index (χ0v) is 15.2. The highest BCUT2D eigenvalue weighted by atomic mass is 16.4. The summed E-state index contributed by atoms with van der Waals surface area (Å²) < 4.78 is 5.41. The predicted molar refractivity (Wildman–Crippen MR) is 107 cm³/mol. The average molecular weight is 368 g/mol. The molecule has 0 amide bonds. The molecule has 2 heterocycles. The first-order valence-corrected chi connectivity index (χ1v) is 8.97. The lowest BCUT2D eigenvalue weighted by molar-refractivity contribution is 0.546. The molecule has 136 valence electrons.